The quantitative estimate of drug-likeness (QED) is 0.244. The van der Waals surface area contributed by atoms with Crippen LogP contribution in [0.2, 0.25) is 0 Å². The number of carbonyl (C=O) groups excluding carboxylic acids is 3. The molecule has 3 heterocycles. The summed E-state index contributed by atoms with van der Waals surface area (Å²) >= 11 is 3.33. The minimum Gasteiger partial charge on any atom is -0.454 e. The smallest absolute Gasteiger partial charge is 0.407 e. The fourth-order valence-corrected chi connectivity index (χ4v) is 7.89. The normalized spacial score (nSPS) is 18.4. The summed E-state index contributed by atoms with van der Waals surface area (Å²) in [6.07, 6.45) is 0.976. The molecule has 2 unspecified atom stereocenters. The van der Waals surface area contributed by atoms with Crippen molar-refractivity contribution in [3.63, 3.8) is 0 Å². The van der Waals surface area contributed by atoms with E-state index < -0.39 is 30.0 Å². The Hall–Kier alpha value is -5.11. The molecule has 0 spiro atoms. The largest absolute Gasteiger partial charge is 0.454 e. The first-order valence-corrected chi connectivity index (χ1v) is 18.6. The molecule has 284 valence electrons. The van der Waals surface area contributed by atoms with E-state index >= 15 is 8.78 Å². The van der Waals surface area contributed by atoms with Crippen molar-refractivity contribution in [2.45, 2.75) is 58.8 Å². The Morgan fingerprint density at radius 1 is 0.963 bits per heavy atom. The number of ether oxygens (including phenoxy) is 3. The molecule has 7 rings (SSSR count). The maximum absolute atomic E-state index is 15.8. The number of nitrogens with one attached hydrogen (secondary N) is 2. The van der Waals surface area contributed by atoms with Crippen molar-refractivity contribution in [3.05, 3.63) is 99.3 Å². The molecular weight excluding hydrogens is 764 g/mol. The number of carbonyl (C=O) groups is 3. The van der Waals surface area contributed by atoms with Gasteiger partial charge in [-0.15, -0.1) is 0 Å². The lowest BCUT2D eigenvalue weighted by Gasteiger charge is -2.31. The van der Waals surface area contributed by atoms with Crippen LogP contribution in [0.4, 0.5) is 18.4 Å². The molecule has 1 saturated heterocycles. The van der Waals surface area contributed by atoms with Gasteiger partial charge in [-0.2, -0.15) is 8.78 Å². The van der Waals surface area contributed by atoms with Crippen LogP contribution >= 0.6 is 15.9 Å². The van der Waals surface area contributed by atoms with E-state index in [0.29, 0.717) is 51.4 Å². The number of alkyl carbamates (subject to hydrolysis) is 1. The van der Waals surface area contributed by atoms with Crippen LogP contribution in [0, 0.1) is 11.8 Å². The van der Waals surface area contributed by atoms with Crippen molar-refractivity contribution >= 4 is 39.5 Å². The Kier molecular flexibility index (Phi) is 9.84. The van der Waals surface area contributed by atoms with E-state index in [-0.39, 0.29) is 49.0 Å². The molecule has 1 fully saturated rings. The number of halogens is 3. The van der Waals surface area contributed by atoms with E-state index in [1.165, 1.54) is 24.1 Å². The summed E-state index contributed by atoms with van der Waals surface area (Å²) in [4.78, 5) is 45.4. The van der Waals surface area contributed by atoms with Gasteiger partial charge in [-0.05, 0) is 75.6 Å². The van der Waals surface area contributed by atoms with Crippen molar-refractivity contribution in [2.24, 2.45) is 11.8 Å². The number of hydrogen-bond donors (Lipinski definition) is 2. The number of rotatable bonds is 8. The summed E-state index contributed by atoms with van der Waals surface area (Å²) in [6.45, 7) is 12.8. The lowest BCUT2D eigenvalue weighted by molar-refractivity contribution is -0.135. The van der Waals surface area contributed by atoms with E-state index in [9.17, 15) is 14.4 Å². The second-order valence-corrected chi connectivity index (χ2v) is 15.5. The number of fused-ring (bicyclic) bond motifs is 5. The molecule has 1 aliphatic carbocycles. The summed E-state index contributed by atoms with van der Waals surface area (Å²) in [5.41, 5.74) is 4.58. The number of methoxy groups -OCH3 is 1. The molecule has 54 heavy (non-hydrogen) atoms. The van der Waals surface area contributed by atoms with E-state index in [0.717, 1.165) is 16.7 Å². The van der Waals surface area contributed by atoms with Gasteiger partial charge in [0.1, 0.15) is 6.04 Å². The SMILES string of the molecule is C=C(N/C=C(/c1ccc2c(c1)C(F)(F)c1cc(Br)ccc1-2)C(C)C)C1CN(C(=O)N2Cc3cc4c(cc3C2)OCO4)CN1C(=O)C(NC(=O)OC)C(C)C. The lowest BCUT2D eigenvalue weighted by Crippen LogP contribution is -2.53. The van der Waals surface area contributed by atoms with Crippen LogP contribution in [0.1, 0.15) is 55.5 Å². The van der Waals surface area contributed by atoms with Gasteiger partial charge in [0.05, 0.1) is 26.4 Å². The Labute approximate surface area is 321 Å². The van der Waals surface area contributed by atoms with E-state index in [4.69, 9.17) is 14.2 Å². The maximum Gasteiger partial charge on any atom is 0.407 e. The van der Waals surface area contributed by atoms with Gasteiger partial charge < -0.3 is 39.5 Å². The predicted molar refractivity (Wildman–Crippen MR) is 201 cm³/mol. The Balaban J connectivity index is 1.14. The Morgan fingerprint density at radius 3 is 2.20 bits per heavy atom. The van der Waals surface area contributed by atoms with Gasteiger partial charge in [0.25, 0.3) is 5.92 Å². The van der Waals surface area contributed by atoms with E-state index in [1.807, 2.05) is 32.0 Å². The zero-order chi connectivity index (χ0) is 38.6. The number of alkyl halides is 2. The molecule has 11 nitrogen and oxygen atoms in total. The van der Waals surface area contributed by atoms with Crippen LogP contribution in [0.5, 0.6) is 11.5 Å². The van der Waals surface area contributed by atoms with Crippen LogP contribution < -0.4 is 20.1 Å². The second-order valence-electron chi connectivity index (χ2n) is 14.6. The first-order chi connectivity index (χ1) is 25.7. The third kappa shape index (κ3) is 6.65. The summed E-state index contributed by atoms with van der Waals surface area (Å²) in [5.74, 6) is -2.69. The number of urea groups is 1. The summed E-state index contributed by atoms with van der Waals surface area (Å²) in [7, 11) is 1.22. The fraction of sp³-hybridized carbons (Fsp3) is 0.375. The second kappa shape index (κ2) is 14.3. The van der Waals surface area contributed by atoms with Crippen LogP contribution in [0.3, 0.4) is 0 Å². The third-order valence-electron chi connectivity index (χ3n) is 10.5. The molecule has 0 aromatic heterocycles. The zero-order valence-electron chi connectivity index (χ0n) is 30.7. The monoisotopic (exact) mass is 805 g/mol. The van der Waals surface area contributed by atoms with Crippen LogP contribution in [-0.2, 0) is 28.5 Å². The molecule has 0 radical (unpaired) electrons. The molecule has 14 heteroatoms. The first kappa shape index (κ1) is 37.2. The highest BCUT2D eigenvalue weighted by atomic mass is 79.9. The van der Waals surface area contributed by atoms with Gasteiger partial charge in [0.15, 0.2) is 11.5 Å². The highest BCUT2D eigenvalue weighted by Crippen LogP contribution is 2.52. The van der Waals surface area contributed by atoms with Crippen LogP contribution in [-0.4, -0.2) is 71.9 Å². The molecule has 3 aromatic carbocycles. The topological polar surface area (TPSA) is 113 Å². The van der Waals surface area contributed by atoms with Gasteiger partial charge in [-0.1, -0.05) is 68.4 Å². The molecule has 3 aliphatic heterocycles. The standard InChI is InChI=1S/C40H42BrF2N5O6/c1-21(2)30(24-7-9-28-29-10-8-27(41)14-32(29)40(42,43)31(28)11-24)15-44-23(5)33-18-47(19-48(33)37(49)36(22(3)4)45-38(50)52-6)39(51)46-16-25-12-34-35(54-20-53-34)13-26(25)17-46/h7-15,21-22,33,36,44H,5,16-20H2,1-4,6H3,(H,45,50)/b30-15+. The fourth-order valence-electron chi connectivity index (χ4n) is 7.53. The highest BCUT2D eigenvalue weighted by molar-refractivity contribution is 9.10. The summed E-state index contributed by atoms with van der Waals surface area (Å²) in [5, 5.41) is 5.90. The molecule has 2 N–H and O–H groups in total. The van der Waals surface area contributed by atoms with Crippen molar-refractivity contribution in [2.75, 3.05) is 27.1 Å². The molecule has 4 amide bonds. The first-order valence-electron chi connectivity index (χ1n) is 17.8. The van der Waals surface area contributed by atoms with Crippen molar-refractivity contribution in [1.29, 1.82) is 0 Å². The molecule has 0 bridgehead atoms. The number of amides is 4. The average molecular weight is 807 g/mol. The van der Waals surface area contributed by atoms with Crippen molar-refractivity contribution in [3.8, 4) is 22.6 Å². The number of nitrogens with zero attached hydrogens (tertiary/aromatic N) is 3. The highest BCUT2D eigenvalue weighted by Gasteiger charge is 2.45. The zero-order valence-corrected chi connectivity index (χ0v) is 32.3. The van der Waals surface area contributed by atoms with Crippen molar-refractivity contribution < 1.29 is 37.4 Å². The average Bonchev–Trinajstić information content (AvgIpc) is 3.93. The predicted octanol–water partition coefficient (Wildman–Crippen LogP) is 7.39. The molecule has 0 saturated carbocycles. The van der Waals surface area contributed by atoms with Gasteiger partial charge in [0.2, 0.25) is 12.7 Å². The van der Waals surface area contributed by atoms with Gasteiger partial charge in [-0.3, -0.25) is 4.79 Å². The molecular formula is C40H42BrF2N5O6. The van der Waals surface area contributed by atoms with E-state index in [2.05, 4.69) is 33.1 Å². The number of hydrogen-bond acceptors (Lipinski definition) is 7. The summed E-state index contributed by atoms with van der Waals surface area (Å²) < 4.78 is 48.0. The molecule has 3 aromatic rings. The minimum absolute atomic E-state index is 0.0402. The maximum atomic E-state index is 15.8. The van der Waals surface area contributed by atoms with E-state index in [1.54, 1.807) is 48.0 Å². The Bertz CT molecular complexity index is 2050. The number of benzene rings is 3. The Morgan fingerprint density at radius 2 is 1.59 bits per heavy atom. The molecule has 2 atom stereocenters. The third-order valence-corrected chi connectivity index (χ3v) is 11.0. The van der Waals surface area contributed by atoms with Gasteiger partial charge in [-0.25, -0.2) is 9.59 Å². The van der Waals surface area contributed by atoms with Gasteiger partial charge >= 0.3 is 12.1 Å². The van der Waals surface area contributed by atoms with Crippen LogP contribution in [0.15, 0.2) is 71.5 Å². The molecule has 4 aliphatic rings. The van der Waals surface area contributed by atoms with Gasteiger partial charge in [0, 0.05) is 40.6 Å². The van der Waals surface area contributed by atoms with Crippen LogP contribution in [0.25, 0.3) is 16.7 Å². The van der Waals surface area contributed by atoms with Crippen molar-refractivity contribution in [1.82, 2.24) is 25.3 Å². The summed E-state index contributed by atoms with van der Waals surface area (Å²) in [6, 6.07) is 11.9. The lowest BCUT2D eigenvalue weighted by atomic mass is 9.92. The minimum atomic E-state index is -3.17. The number of allylic oxidation sites excluding steroid dienone is 1.